The van der Waals surface area contributed by atoms with Crippen molar-refractivity contribution >= 4 is 28.7 Å². The molecule has 0 saturated heterocycles. The van der Waals surface area contributed by atoms with Gasteiger partial charge in [-0.15, -0.1) is 11.3 Å². The molecule has 1 amide bonds. The summed E-state index contributed by atoms with van der Waals surface area (Å²) in [6.45, 7) is 0. The van der Waals surface area contributed by atoms with Crippen LogP contribution in [0.25, 0.3) is 0 Å². The number of rotatable bonds is 7. The zero-order valence-electron chi connectivity index (χ0n) is 15.6. The second-order valence-corrected chi connectivity index (χ2v) is 6.64. The highest BCUT2D eigenvalue weighted by Crippen LogP contribution is 2.45. The molecular formula is C21H19NO5S. The van der Waals surface area contributed by atoms with E-state index in [-0.39, 0.29) is 34.5 Å². The van der Waals surface area contributed by atoms with Gasteiger partial charge in [0.1, 0.15) is 11.3 Å². The summed E-state index contributed by atoms with van der Waals surface area (Å²) >= 11 is 1.32. The summed E-state index contributed by atoms with van der Waals surface area (Å²) in [4.78, 5) is 26.1. The van der Waals surface area contributed by atoms with Crippen LogP contribution in [0.2, 0.25) is 0 Å². The summed E-state index contributed by atoms with van der Waals surface area (Å²) in [5.74, 6) is 0.152. The van der Waals surface area contributed by atoms with E-state index >= 15 is 0 Å². The van der Waals surface area contributed by atoms with Crippen molar-refractivity contribution in [2.45, 2.75) is 0 Å². The van der Waals surface area contributed by atoms with Crippen molar-refractivity contribution in [3.05, 3.63) is 69.9 Å². The van der Waals surface area contributed by atoms with E-state index in [2.05, 4.69) is 5.32 Å². The molecule has 0 atom stereocenters. The Labute approximate surface area is 166 Å². The molecule has 0 aliphatic carbocycles. The zero-order valence-corrected chi connectivity index (χ0v) is 16.5. The van der Waals surface area contributed by atoms with Crippen molar-refractivity contribution in [1.29, 1.82) is 0 Å². The molecule has 3 rings (SSSR count). The number of hydrogen-bond donors (Lipinski definition) is 1. The molecule has 144 valence electrons. The number of thiophene rings is 1. The number of carbonyl (C=O) groups is 2. The van der Waals surface area contributed by atoms with Gasteiger partial charge >= 0.3 is 0 Å². The van der Waals surface area contributed by atoms with Crippen molar-refractivity contribution in [3.63, 3.8) is 0 Å². The van der Waals surface area contributed by atoms with Gasteiger partial charge in [0.2, 0.25) is 5.78 Å². The molecule has 0 fully saturated rings. The molecule has 0 aliphatic rings. The van der Waals surface area contributed by atoms with Crippen LogP contribution >= 0.6 is 11.3 Å². The zero-order chi connectivity index (χ0) is 20.1. The SMILES string of the molecule is COc1cc(NC(=O)c2ccccc2)c(OC)c(OC)c1C(=O)c1cccs1. The number of methoxy groups -OCH3 is 3. The third kappa shape index (κ3) is 3.70. The van der Waals surface area contributed by atoms with Crippen molar-refractivity contribution in [3.8, 4) is 17.2 Å². The Balaban J connectivity index is 2.10. The Kier molecular flexibility index (Phi) is 5.96. The van der Waals surface area contributed by atoms with Crippen LogP contribution in [0.3, 0.4) is 0 Å². The lowest BCUT2D eigenvalue weighted by Gasteiger charge is -2.19. The maximum atomic E-state index is 13.0. The standard InChI is InChI=1S/C21H19NO5S/c1-25-15-12-14(22-21(24)13-8-5-4-6-9-13)19(26-2)20(27-3)17(15)18(23)16-10-7-11-28-16/h4-12H,1-3H3,(H,22,24). The van der Waals surface area contributed by atoms with Gasteiger partial charge in [0.15, 0.2) is 11.5 Å². The molecule has 6 nitrogen and oxygen atoms in total. The van der Waals surface area contributed by atoms with Crippen LogP contribution in [-0.4, -0.2) is 33.0 Å². The molecule has 1 aromatic heterocycles. The number of anilines is 1. The second kappa shape index (κ2) is 8.58. The van der Waals surface area contributed by atoms with Gasteiger partial charge in [0.25, 0.3) is 5.91 Å². The first kappa shape index (κ1) is 19.4. The van der Waals surface area contributed by atoms with E-state index in [4.69, 9.17) is 14.2 Å². The van der Waals surface area contributed by atoms with Crippen molar-refractivity contribution in [2.24, 2.45) is 0 Å². The lowest BCUT2D eigenvalue weighted by atomic mass is 10.0. The average Bonchev–Trinajstić information content (AvgIpc) is 3.27. The van der Waals surface area contributed by atoms with Crippen LogP contribution in [0, 0.1) is 0 Å². The molecule has 0 bridgehead atoms. The molecule has 0 radical (unpaired) electrons. The van der Waals surface area contributed by atoms with Gasteiger partial charge in [0.05, 0.1) is 31.9 Å². The fourth-order valence-corrected chi connectivity index (χ4v) is 3.47. The molecular weight excluding hydrogens is 378 g/mol. The molecule has 28 heavy (non-hydrogen) atoms. The largest absolute Gasteiger partial charge is 0.496 e. The number of hydrogen-bond acceptors (Lipinski definition) is 6. The summed E-state index contributed by atoms with van der Waals surface area (Å²) in [7, 11) is 4.34. The Morgan fingerprint density at radius 1 is 0.893 bits per heavy atom. The van der Waals surface area contributed by atoms with E-state index in [1.807, 2.05) is 11.4 Å². The predicted octanol–water partition coefficient (Wildman–Crippen LogP) is 4.26. The Morgan fingerprint density at radius 2 is 1.61 bits per heavy atom. The number of carbonyl (C=O) groups excluding carboxylic acids is 2. The minimum absolute atomic E-state index is 0.198. The van der Waals surface area contributed by atoms with Crippen LogP contribution < -0.4 is 19.5 Å². The van der Waals surface area contributed by atoms with Gasteiger partial charge in [-0.05, 0) is 23.6 Å². The normalized spacial score (nSPS) is 10.2. The Hall–Kier alpha value is -3.32. The van der Waals surface area contributed by atoms with E-state index < -0.39 is 0 Å². The highest BCUT2D eigenvalue weighted by molar-refractivity contribution is 7.12. The summed E-state index contributed by atoms with van der Waals surface area (Å²) in [6, 6.07) is 13.9. The minimum atomic E-state index is -0.319. The number of nitrogens with one attached hydrogen (secondary N) is 1. The van der Waals surface area contributed by atoms with Crippen LogP contribution in [0.15, 0.2) is 53.9 Å². The van der Waals surface area contributed by atoms with Crippen LogP contribution in [0.5, 0.6) is 17.2 Å². The maximum Gasteiger partial charge on any atom is 0.255 e. The Morgan fingerprint density at radius 3 is 2.18 bits per heavy atom. The fourth-order valence-electron chi connectivity index (χ4n) is 2.80. The van der Waals surface area contributed by atoms with Crippen LogP contribution in [0.4, 0.5) is 5.69 Å². The first-order chi connectivity index (χ1) is 13.6. The molecule has 0 saturated carbocycles. The number of benzene rings is 2. The van der Waals surface area contributed by atoms with Gasteiger partial charge < -0.3 is 19.5 Å². The topological polar surface area (TPSA) is 73.9 Å². The van der Waals surface area contributed by atoms with Gasteiger partial charge in [-0.25, -0.2) is 0 Å². The van der Waals surface area contributed by atoms with Crippen molar-refractivity contribution < 1.29 is 23.8 Å². The smallest absolute Gasteiger partial charge is 0.255 e. The Bertz CT molecular complexity index is 984. The lowest BCUT2D eigenvalue weighted by molar-refractivity contribution is 0.102. The molecule has 1 heterocycles. The van der Waals surface area contributed by atoms with E-state index in [1.54, 1.807) is 42.5 Å². The maximum absolute atomic E-state index is 13.0. The predicted molar refractivity (Wildman–Crippen MR) is 108 cm³/mol. The van der Waals surface area contributed by atoms with Gasteiger partial charge in [-0.1, -0.05) is 24.3 Å². The molecule has 3 aromatic rings. The third-order valence-electron chi connectivity index (χ3n) is 4.08. The average molecular weight is 397 g/mol. The number of ether oxygens (including phenoxy) is 3. The summed E-state index contributed by atoms with van der Waals surface area (Å²) in [6.07, 6.45) is 0. The van der Waals surface area contributed by atoms with E-state index in [0.29, 0.717) is 16.1 Å². The van der Waals surface area contributed by atoms with Gasteiger partial charge in [0, 0.05) is 11.6 Å². The highest BCUT2D eigenvalue weighted by atomic mass is 32.1. The summed E-state index contributed by atoms with van der Waals surface area (Å²) < 4.78 is 16.4. The van der Waals surface area contributed by atoms with Gasteiger partial charge in [-0.2, -0.15) is 0 Å². The fraction of sp³-hybridized carbons (Fsp3) is 0.143. The second-order valence-electron chi connectivity index (χ2n) is 5.69. The van der Waals surface area contributed by atoms with E-state index in [0.717, 1.165) is 0 Å². The van der Waals surface area contributed by atoms with Crippen LogP contribution in [-0.2, 0) is 0 Å². The first-order valence-corrected chi connectivity index (χ1v) is 9.26. The summed E-state index contributed by atoms with van der Waals surface area (Å²) in [5.41, 5.74) is 1.07. The monoisotopic (exact) mass is 397 g/mol. The lowest BCUT2D eigenvalue weighted by Crippen LogP contribution is -2.14. The number of amides is 1. The van der Waals surface area contributed by atoms with Crippen LogP contribution in [0.1, 0.15) is 25.6 Å². The third-order valence-corrected chi connectivity index (χ3v) is 4.95. The van der Waals surface area contributed by atoms with E-state index in [1.165, 1.54) is 32.7 Å². The summed E-state index contributed by atoms with van der Waals surface area (Å²) in [5, 5.41) is 4.61. The van der Waals surface area contributed by atoms with Crippen molar-refractivity contribution in [2.75, 3.05) is 26.6 Å². The quantitative estimate of drug-likeness (QED) is 0.603. The molecule has 7 heteroatoms. The highest BCUT2D eigenvalue weighted by Gasteiger charge is 2.27. The molecule has 1 N–H and O–H groups in total. The van der Waals surface area contributed by atoms with E-state index in [9.17, 15) is 9.59 Å². The molecule has 2 aromatic carbocycles. The van der Waals surface area contributed by atoms with Crippen molar-refractivity contribution in [1.82, 2.24) is 0 Å². The molecule has 0 unspecified atom stereocenters. The molecule has 0 spiro atoms. The first-order valence-electron chi connectivity index (χ1n) is 8.38. The number of ketones is 1. The minimum Gasteiger partial charge on any atom is -0.496 e. The molecule has 0 aliphatic heterocycles. The van der Waals surface area contributed by atoms with Gasteiger partial charge in [-0.3, -0.25) is 9.59 Å².